The highest BCUT2D eigenvalue weighted by atomic mass is 79.9. The summed E-state index contributed by atoms with van der Waals surface area (Å²) in [5, 5.41) is 0. The van der Waals surface area contributed by atoms with E-state index in [1.54, 1.807) is 12.1 Å². The highest BCUT2D eigenvalue weighted by molar-refractivity contribution is 9.10. The summed E-state index contributed by atoms with van der Waals surface area (Å²) < 4.78 is 19.5. The second kappa shape index (κ2) is 5.25. The van der Waals surface area contributed by atoms with Gasteiger partial charge in [-0.3, -0.25) is 4.79 Å². The molecule has 0 aromatic heterocycles. The Kier molecular flexibility index (Phi) is 3.91. The minimum Gasteiger partial charge on any atom is -0.367 e. The Labute approximate surface area is 108 Å². The van der Waals surface area contributed by atoms with Crippen LogP contribution in [0.25, 0.3) is 0 Å². The molecule has 2 rings (SSSR count). The summed E-state index contributed by atoms with van der Waals surface area (Å²) in [5.41, 5.74) is 0.0830. The molecule has 0 bridgehead atoms. The Balaban J connectivity index is 2.22. The fraction of sp³-hybridized carbons (Fsp3) is 0.417. The molecular weight excluding hydrogens is 289 g/mol. The molecule has 0 saturated carbocycles. The number of benzene rings is 1. The predicted molar refractivity (Wildman–Crippen MR) is 65.7 cm³/mol. The molecule has 0 spiro atoms. The molecule has 0 aliphatic carbocycles. The van der Waals surface area contributed by atoms with Gasteiger partial charge < -0.3 is 9.64 Å². The SMILES string of the molecule is CN1CCOC(C(=O)c2cccc(Br)c2F)C1. The van der Waals surface area contributed by atoms with Crippen molar-refractivity contribution in [3.63, 3.8) is 0 Å². The van der Waals surface area contributed by atoms with Crippen molar-refractivity contribution in [2.24, 2.45) is 0 Å². The average molecular weight is 302 g/mol. The topological polar surface area (TPSA) is 29.5 Å². The molecule has 3 nitrogen and oxygen atoms in total. The summed E-state index contributed by atoms with van der Waals surface area (Å²) >= 11 is 3.07. The second-order valence-electron chi connectivity index (χ2n) is 4.09. The maximum absolute atomic E-state index is 13.8. The molecule has 1 aromatic carbocycles. The Morgan fingerprint density at radius 1 is 1.59 bits per heavy atom. The van der Waals surface area contributed by atoms with Crippen LogP contribution in [0.4, 0.5) is 4.39 Å². The number of carbonyl (C=O) groups is 1. The summed E-state index contributed by atoms with van der Waals surface area (Å²) in [6.07, 6.45) is -0.572. The van der Waals surface area contributed by atoms with E-state index in [-0.39, 0.29) is 11.3 Å². The van der Waals surface area contributed by atoms with Gasteiger partial charge in [0, 0.05) is 13.1 Å². The van der Waals surface area contributed by atoms with Crippen LogP contribution in [0.1, 0.15) is 10.4 Å². The molecule has 1 saturated heterocycles. The van der Waals surface area contributed by atoms with Crippen molar-refractivity contribution in [2.45, 2.75) is 6.10 Å². The maximum atomic E-state index is 13.8. The molecule has 1 aromatic rings. The monoisotopic (exact) mass is 301 g/mol. The van der Waals surface area contributed by atoms with Crippen molar-refractivity contribution < 1.29 is 13.9 Å². The number of nitrogens with zero attached hydrogens (tertiary/aromatic N) is 1. The molecule has 1 unspecified atom stereocenters. The van der Waals surface area contributed by atoms with E-state index in [1.807, 2.05) is 11.9 Å². The molecule has 1 aliphatic heterocycles. The van der Waals surface area contributed by atoms with Gasteiger partial charge in [-0.2, -0.15) is 0 Å². The van der Waals surface area contributed by atoms with Gasteiger partial charge in [0.2, 0.25) is 0 Å². The lowest BCUT2D eigenvalue weighted by Gasteiger charge is -2.29. The number of morpholine rings is 1. The van der Waals surface area contributed by atoms with E-state index < -0.39 is 11.9 Å². The number of hydrogen-bond donors (Lipinski definition) is 0. The van der Waals surface area contributed by atoms with Crippen LogP contribution in [0.2, 0.25) is 0 Å². The Morgan fingerprint density at radius 2 is 2.35 bits per heavy atom. The van der Waals surface area contributed by atoms with Crippen LogP contribution in [-0.4, -0.2) is 43.5 Å². The van der Waals surface area contributed by atoms with E-state index in [1.165, 1.54) is 6.07 Å². The normalized spacial score (nSPS) is 21.5. The summed E-state index contributed by atoms with van der Waals surface area (Å²) in [6.45, 7) is 1.80. The van der Waals surface area contributed by atoms with Gasteiger partial charge in [-0.25, -0.2) is 4.39 Å². The third-order valence-corrected chi connectivity index (χ3v) is 3.39. The summed E-state index contributed by atoms with van der Waals surface area (Å²) in [6, 6.07) is 4.70. The number of ketones is 1. The van der Waals surface area contributed by atoms with Gasteiger partial charge in [-0.05, 0) is 35.1 Å². The lowest BCUT2D eigenvalue weighted by atomic mass is 10.0. The highest BCUT2D eigenvalue weighted by Gasteiger charge is 2.28. The summed E-state index contributed by atoms with van der Waals surface area (Å²) in [7, 11) is 1.92. The maximum Gasteiger partial charge on any atom is 0.195 e. The molecule has 0 N–H and O–H groups in total. The minimum atomic E-state index is -0.572. The molecule has 1 aliphatic rings. The molecule has 1 heterocycles. The molecule has 5 heteroatoms. The van der Waals surface area contributed by atoms with Gasteiger partial charge in [0.15, 0.2) is 5.78 Å². The second-order valence-corrected chi connectivity index (χ2v) is 4.94. The van der Waals surface area contributed by atoms with E-state index in [0.717, 1.165) is 6.54 Å². The fourth-order valence-corrected chi connectivity index (χ4v) is 2.17. The largest absolute Gasteiger partial charge is 0.367 e. The number of hydrogen-bond acceptors (Lipinski definition) is 3. The molecular formula is C12H13BrFNO2. The highest BCUT2D eigenvalue weighted by Crippen LogP contribution is 2.21. The standard InChI is InChI=1S/C12H13BrFNO2/c1-15-5-6-17-10(7-15)12(16)8-3-2-4-9(13)11(8)14/h2-4,10H,5-7H2,1H3. The van der Waals surface area contributed by atoms with E-state index in [2.05, 4.69) is 15.9 Å². The van der Waals surface area contributed by atoms with Crippen LogP contribution < -0.4 is 0 Å². The number of ether oxygens (including phenoxy) is 1. The minimum absolute atomic E-state index is 0.0830. The Hall–Kier alpha value is -0.780. The quantitative estimate of drug-likeness (QED) is 0.784. The zero-order valence-electron chi connectivity index (χ0n) is 9.45. The van der Waals surface area contributed by atoms with E-state index >= 15 is 0 Å². The summed E-state index contributed by atoms with van der Waals surface area (Å²) in [5.74, 6) is -0.815. The van der Waals surface area contributed by atoms with Crippen LogP contribution in [-0.2, 0) is 4.74 Å². The van der Waals surface area contributed by atoms with Crippen LogP contribution in [0.15, 0.2) is 22.7 Å². The van der Waals surface area contributed by atoms with Crippen molar-refractivity contribution in [1.29, 1.82) is 0 Å². The van der Waals surface area contributed by atoms with Crippen LogP contribution >= 0.6 is 15.9 Å². The number of carbonyl (C=O) groups excluding carboxylic acids is 1. The van der Waals surface area contributed by atoms with Crippen molar-refractivity contribution >= 4 is 21.7 Å². The number of likely N-dealkylation sites (N-methyl/N-ethyl adjacent to an activating group) is 1. The lowest BCUT2D eigenvalue weighted by Crippen LogP contribution is -2.44. The molecule has 17 heavy (non-hydrogen) atoms. The zero-order valence-corrected chi connectivity index (χ0v) is 11.0. The molecule has 0 radical (unpaired) electrons. The number of Topliss-reactive ketones (excluding diaryl/α,β-unsaturated/α-hetero) is 1. The van der Waals surface area contributed by atoms with Crippen molar-refractivity contribution in [1.82, 2.24) is 4.90 Å². The van der Waals surface area contributed by atoms with Crippen molar-refractivity contribution in [2.75, 3.05) is 26.7 Å². The van der Waals surface area contributed by atoms with Crippen LogP contribution in [0.3, 0.4) is 0 Å². The number of halogens is 2. The molecule has 1 atom stereocenters. The van der Waals surface area contributed by atoms with Gasteiger partial charge in [0.25, 0.3) is 0 Å². The van der Waals surface area contributed by atoms with E-state index in [0.29, 0.717) is 17.6 Å². The first kappa shape index (κ1) is 12.7. The molecule has 92 valence electrons. The first-order valence-electron chi connectivity index (χ1n) is 5.38. The van der Waals surface area contributed by atoms with Crippen LogP contribution in [0.5, 0.6) is 0 Å². The van der Waals surface area contributed by atoms with E-state index in [9.17, 15) is 9.18 Å². The zero-order chi connectivity index (χ0) is 12.4. The first-order chi connectivity index (χ1) is 8.09. The fourth-order valence-electron chi connectivity index (χ4n) is 1.80. The van der Waals surface area contributed by atoms with E-state index in [4.69, 9.17) is 4.74 Å². The van der Waals surface area contributed by atoms with Gasteiger partial charge in [0.1, 0.15) is 11.9 Å². The summed E-state index contributed by atoms with van der Waals surface area (Å²) in [4.78, 5) is 14.1. The lowest BCUT2D eigenvalue weighted by molar-refractivity contribution is -0.00883. The smallest absolute Gasteiger partial charge is 0.195 e. The number of rotatable bonds is 2. The van der Waals surface area contributed by atoms with Crippen LogP contribution in [0, 0.1) is 5.82 Å². The first-order valence-corrected chi connectivity index (χ1v) is 6.17. The van der Waals surface area contributed by atoms with Gasteiger partial charge in [0.05, 0.1) is 16.6 Å². The van der Waals surface area contributed by atoms with Gasteiger partial charge in [-0.15, -0.1) is 0 Å². The predicted octanol–water partition coefficient (Wildman–Crippen LogP) is 2.10. The third kappa shape index (κ3) is 2.73. The Bertz CT molecular complexity index is 439. The molecule has 0 amide bonds. The van der Waals surface area contributed by atoms with Gasteiger partial charge in [-0.1, -0.05) is 6.07 Å². The third-order valence-electron chi connectivity index (χ3n) is 2.78. The van der Waals surface area contributed by atoms with Gasteiger partial charge >= 0.3 is 0 Å². The molecule has 1 fully saturated rings. The van der Waals surface area contributed by atoms with Crippen molar-refractivity contribution in [3.8, 4) is 0 Å². The van der Waals surface area contributed by atoms with Crippen molar-refractivity contribution in [3.05, 3.63) is 34.1 Å². The Morgan fingerprint density at radius 3 is 3.06 bits per heavy atom. The average Bonchev–Trinajstić information content (AvgIpc) is 2.32.